The molecule has 1 aliphatic heterocycles. The summed E-state index contributed by atoms with van der Waals surface area (Å²) in [6.45, 7) is 1.88. The molecule has 0 saturated carbocycles. The van der Waals surface area contributed by atoms with E-state index in [1.165, 1.54) is 0 Å². The molecule has 2 rings (SSSR count). The van der Waals surface area contributed by atoms with Crippen molar-refractivity contribution in [3.8, 4) is 0 Å². The molecule has 0 fully saturated rings. The minimum absolute atomic E-state index is 0.0255. The summed E-state index contributed by atoms with van der Waals surface area (Å²) in [6.07, 6.45) is 1.57. The number of alkyl halides is 1. The predicted molar refractivity (Wildman–Crippen MR) is 54.2 cm³/mol. The van der Waals surface area contributed by atoms with Crippen molar-refractivity contribution in [1.29, 1.82) is 0 Å². The Morgan fingerprint density at radius 2 is 2.23 bits per heavy atom. The first kappa shape index (κ1) is 8.56. The maximum Gasteiger partial charge on any atom is 0.185 e. The van der Waals surface area contributed by atoms with E-state index < -0.39 is 0 Å². The van der Waals surface area contributed by atoms with Crippen LogP contribution in [0, 0.1) is 6.92 Å². The van der Waals surface area contributed by atoms with Gasteiger partial charge in [-0.05, 0) is 19.1 Å². The van der Waals surface area contributed by atoms with Crippen LogP contribution in [0.3, 0.4) is 0 Å². The van der Waals surface area contributed by atoms with E-state index in [0.717, 1.165) is 5.69 Å². The van der Waals surface area contributed by atoms with Gasteiger partial charge in [-0.3, -0.25) is 4.79 Å². The molecule has 1 atom stereocenters. The number of halogens is 1. The predicted octanol–water partition coefficient (Wildman–Crippen LogP) is 2.05. The van der Waals surface area contributed by atoms with E-state index in [1.54, 1.807) is 12.3 Å². The van der Waals surface area contributed by atoms with Gasteiger partial charge in [-0.1, -0.05) is 15.9 Å². The Morgan fingerprint density at radius 3 is 3.00 bits per heavy atom. The minimum Gasteiger partial charge on any atom is -0.292 e. The molecule has 0 saturated heterocycles. The summed E-state index contributed by atoms with van der Waals surface area (Å²) >= 11 is 3.22. The average Bonchev–Trinajstić information content (AvgIpc) is 2.12. The topological polar surface area (TPSA) is 42.3 Å². The number of Topliss-reactive ketones (excluding diaryl/α,β-unsaturated/α-hetero) is 1. The third kappa shape index (κ3) is 1.42. The Bertz CT molecular complexity index is 401. The van der Waals surface area contributed by atoms with Crippen LogP contribution in [0.4, 0.5) is 5.82 Å². The molecule has 66 valence electrons. The summed E-state index contributed by atoms with van der Waals surface area (Å²) < 4.78 is 0. The van der Waals surface area contributed by atoms with Gasteiger partial charge in [0.1, 0.15) is 4.83 Å². The number of hydrogen-bond acceptors (Lipinski definition) is 3. The SMILES string of the molecule is Cc1ccc2c(n1)N=CC(Br)C2=O. The summed E-state index contributed by atoms with van der Waals surface area (Å²) in [6, 6.07) is 3.59. The van der Waals surface area contributed by atoms with E-state index >= 15 is 0 Å². The summed E-state index contributed by atoms with van der Waals surface area (Å²) in [4.78, 5) is 19.5. The second-order valence-corrected chi connectivity index (χ2v) is 3.85. The summed E-state index contributed by atoms with van der Waals surface area (Å²) in [5, 5.41) is 0. The van der Waals surface area contributed by atoms with Crippen molar-refractivity contribution >= 4 is 33.7 Å². The van der Waals surface area contributed by atoms with Gasteiger partial charge in [-0.25, -0.2) is 9.98 Å². The lowest BCUT2D eigenvalue weighted by Gasteiger charge is -2.11. The lowest BCUT2D eigenvalue weighted by atomic mass is 10.1. The van der Waals surface area contributed by atoms with Gasteiger partial charge in [0.15, 0.2) is 11.6 Å². The van der Waals surface area contributed by atoms with Gasteiger partial charge in [0.05, 0.1) is 5.56 Å². The van der Waals surface area contributed by atoms with Crippen LogP contribution in [0.25, 0.3) is 0 Å². The van der Waals surface area contributed by atoms with E-state index in [2.05, 4.69) is 25.9 Å². The highest BCUT2D eigenvalue weighted by molar-refractivity contribution is 9.10. The van der Waals surface area contributed by atoms with E-state index in [-0.39, 0.29) is 10.6 Å². The fourth-order valence-electron chi connectivity index (χ4n) is 1.19. The number of nitrogens with zero attached hydrogens (tertiary/aromatic N) is 2. The third-order valence-corrected chi connectivity index (χ3v) is 2.51. The first-order chi connectivity index (χ1) is 6.18. The molecule has 0 bridgehead atoms. The van der Waals surface area contributed by atoms with Gasteiger partial charge in [-0.2, -0.15) is 0 Å². The number of ketones is 1. The molecule has 1 aromatic rings. The van der Waals surface area contributed by atoms with Crippen molar-refractivity contribution in [3.63, 3.8) is 0 Å². The molecular formula is C9H7BrN2O. The van der Waals surface area contributed by atoms with Crippen LogP contribution >= 0.6 is 15.9 Å². The van der Waals surface area contributed by atoms with Crippen LogP contribution in [0.2, 0.25) is 0 Å². The molecule has 0 spiro atoms. The number of carbonyl (C=O) groups excluding carboxylic acids is 1. The summed E-state index contributed by atoms with van der Waals surface area (Å²) in [5.74, 6) is 0.554. The van der Waals surface area contributed by atoms with Crippen molar-refractivity contribution in [2.24, 2.45) is 4.99 Å². The summed E-state index contributed by atoms with van der Waals surface area (Å²) in [5.41, 5.74) is 1.46. The van der Waals surface area contributed by atoms with Gasteiger partial charge in [0.25, 0.3) is 0 Å². The number of rotatable bonds is 0. The maximum atomic E-state index is 11.5. The van der Waals surface area contributed by atoms with Gasteiger partial charge < -0.3 is 0 Å². The van der Waals surface area contributed by atoms with Crippen LogP contribution in [-0.2, 0) is 0 Å². The van der Waals surface area contributed by atoms with Crippen molar-refractivity contribution in [3.05, 3.63) is 23.4 Å². The zero-order valence-corrected chi connectivity index (χ0v) is 8.58. The largest absolute Gasteiger partial charge is 0.292 e. The van der Waals surface area contributed by atoms with Crippen LogP contribution < -0.4 is 0 Å². The third-order valence-electron chi connectivity index (χ3n) is 1.86. The number of aryl methyl sites for hydroxylation is 1. The van der Waals surface area contributed by atoms with Gasteiger partial charge >= 0.3 is 0 Å². The molecule has 1 aliphatic rings. The Morgan fingerprint density at radius 1 is 1.46 bits per heavy atom. The van der Waals surface area contributed by atoms with Crippen LogP contribution in [0.1, 0.15) is 16.1 Å². The lowest BCUT2D eigenvalue weighted by Crippen LogP contribution is -2.19. The van der Waals surface area contributed by atoms with Gasteiger partial charge in [0, 0.05) is 11.9 Å². The van der Waals surface area contributed by atoms with Crippen molar-refractivity contribution < 1.29 is 4.79 Å². The number of hydrogen-bond donors (Lipinski definition) is 0. The number of carbonyl (C=O) groups is 1. The number of fused-ring (bicyclic) bond motifs is 1. The van der Waals surface area contributed by atoms with E-state index in [4.69, 9.17) is 0 Å². The van der Waals surface area contributed by atoms with Crippen molar-refractivity contribution in [2.75, 3.05) is 0 Å². The maximum absolute atomic E-state index is 11.5. The Kier molecular flexibility index (Phi) is 2.00. The molecule has 0 aromatic carbocycles. The van der Waals surface area contributed by atoms with Crippen molar-refractivity contribution in [1.82, 2.24) is 4.98 Å². The number of pyridine rings is 1. The number of aliphatic imine (C=N–C) groups is 1. The molecule has 4 heteroatoms. The van der Waals surface area contributed by atoms with E-state index in [1.807, 2.05) is 13.0 Å². The highest BCUT2D eigenvalue weighted by Crippen LogP contribution is 2.24. The zero-order valence-electron chi connectivity index (χ0n) is 6.99. The van der Waals surface area contributed by atoms with E-state index in [0.29, 0.717) is 11.4 Å². The monoisotopic (exact) mass is 238 g/mol. The second kappa shape index (κ2) is 3.03. The normalized spacial score (nSPS) is 20.2. The molecule has 13 heavy (non-hydrogen) atoms. The van der Waals surface area contributed by atoms with Crippen LogP contribution in [-0.4, -0.2) is 21.8 Å². The highest BCUT2D eigenvalue weighted by Gasteiger charge is 2.22. The smallest absolute Gasteiger partial charge is 0.185 e. The van der Waals surface area contributed by atoms with Crippen LogP contribution in [0.5, 0.6) is 0 Å². The van der Waals surface area contributed by atoms with E-state index in [9.17, 15) is 4.79 Å². The fraction of sp³-hybridized carbons (Fsp3) is 0.222. The molecule has 1 unspecified atom stereocenters. The molecule has 1 aromatic heterocycles. The second-order valence-electron chi connectivity index (χ2n) is 2.87. The first-order valence-corrected chi connectivity index (χ1v) is 4.80. The molecule has 0 radical (unpaired) electrons. The molecule has 2 heterocycles. The lowest BCUT2D eigenvalue weighted by molar-refractivity contribution is 0.101. The fourth-order valence-corrected chi connectivity index (χ4v) is 1.55. The van der Waals surface area contributed by atoms with Gasteiger partial charge in [0.2, 0.25) is 0 Å². The Balaban J connectivity index is 2.59. The average molecular weight is 239 g/mol. The van der Waals surface area contributed by atoms with Crippen molar-refractivity contribution in [2.45, 2.75) is 11.8 Å². The highest BCUT2D eigenvalue weighted by atomic mass is 79.9. The zero-order chi connectivity index (χ0) is 9.42. The number of aromatic nitrogens is 1. The van der Waals surface area contributed by atoms with Crippen LogP contribution in [0.15, 0.2) is 17.1 Å². The molecule has 0 N–H and O–H groups in total. The molecular weight excluding hydrogens is 232 g/mol. The molecule has 3 nitrogen and oxygen atoms in total. The Labute approximate surface area is 84.0 Å². The minimum atomic E-state index is -0.301. The molecule has 0 aliphatic carbocycles. The van der Waals surface area contributed by atoms with Gasteiger partial charge in [-0.15, -0.1) is 0 Å². The summed E-state index contributed by atoms with van der Waals surface area (Å²) in [7, 11) is 0. The Hall–Kier alpha value is -1.03. The standard InChI is InChI=1S/C9H7BrN2O/c1-5-2-3-6-8(13)7(10)4-11-9(6)12-5/h2-4,7H,1H3. The quantitative estimate of drug-likeness (QED) is 0.650. The molecule has 0 amide bonds. The first-order valence-electron chi connectivity index (χ1n) is 3.88.